The number of urea groups is 1. The molecule has 2 aromatic carbocycles. The van der Waals surface area contributed by atoms with E-state index in [-0.39, 0.29) is 17.9 Å². The fourth-order valence-electron chi connectivity index (χ4n) is 2.26. The van der Waals surface area contributed by atoms with Crippen LogP contribution in [0.1, 0.15) is 21.5 Å². The van der Waals surface area contributed by atoms with Crippen LogP contribution in [0.25, 0.3) is 0 Å². The summed E-state index contributed by atoms with van der Waals surface area (Å²) < 4.78 is 46.0. The quantitative estimate of drug-likeness (QED) is 0.723. The number of rotatable bonds is 6. The maximum atomic E-state index is 12.2. The van der Waals surface area contributed by atoms with Gasteiger partial charge in [-0.25, -0.2) is 9.59 Å². The normalized spacial score (nSPS) is 10.9. The van der Waals surface area contributed by atoms with Crippen LogP contribution in [0.3, 0.4) is 0 Å². The Kier molecular flexibility index (Phi) is 6.86. The molecule has 2 amide bonds. The van der Waals surface area contributed by atoms with Crippen molar-refractivity contribution in [3.8, 4) is 5.75 Å². The van der Waals surface area contributed by atoms with Crippen LogP contribution < -0.4 is 15.4 Å². The van der Waals surface area contributed by atoms with Gasteiger partial charge < -0.3 is 20.1 Å². The molecule has 150 valence electrons. The first-order chi connectivity index (χ1) is 13.2. The van der Waals surface area contributed by atoms with Crippen molar-refractivity contribution >= 4 is 17.7 Å². The maximum absolute atomic E-state index is 12.2. The topological polar surface area (TPSA) is 76.7 Å². The minimum Gasteiger partial charge on any atom is -0.484 e. The van der Waals surface area contributed by atoms with Gasteiger partial charge in [-0.15, -0.1) is 0 Å². The standard InChI is InChI=1S/C19H19F3N2O4/c1-12-6-7-14(17(25)27-2)9-16(12)24-18(26)23-10-13-4-3-5-15(8-13)28-11-19(20,21)22/h3-9H,10-11H2,1-2H3,(H2,23,24,26). The fraction of sp³-hybridized carbons (Fsp3) is 0.263. The number of hydrogen-bond donors (Lipinski definition) is 2. The first kappa shape index (κ1) is 21.1. The summed E-state index contributed by atoms with van der Waals surface area (Å²) in [6, 6.07) is 10.2. The van der Waals surface area contributed by atoms with Gasteiger partial charge >= 0.3 is 18.2 Å². The van der Waals surface area contributed by atoms with Crippen LogP contribution in [-0.4, -0.2) is 31.9 Å². The molecule has 28 heavy (non-hydrogen) atoms. The van der Waals surface area contributed by atoms with Crippen molar-refractivity contribution in [1.29, 1.82) is 0 Å². The van der Waals surface area contributed by atoms with E-state index in [2.05, 4.69) is 20.1 Å². The Hall–Kier alpha value is -3.23. The second-order valence-corrected chi connectivity index (χ2v) is 5.88. The van der Waals surface area contributed by atoms with Gasteiger partial charge in [0.1, 0.15) is 5.75 Å². The molecule has 0 radical (unpaired) electrons. The molecule has 0 fully saturated rings. The van der Waals surface area contributed by atoms with E-state index in [0.717, 1.165) is 5.56 Å². The van der Waals surface area contributed by atoms with Crippen molar-refractivity contribution in [2.24, 2.45) is 0 Å². The number of nitrogens with one attached hydrogen (secondary N) is 2. The molecule has 0 unspecified atom stereocenters. The molecule has 0 heterocycles. The van der Waals surface area contributed by atoms with Crippen LogP contribution in [0.2, 0.25) is 0 Å². The molecule has 0 bridgehead atoms. The Balaban J connectivity index is 1.95. The van der Waals surface area contributed by atoms with E-state index in [1.54, 1.807) is 25.1 Å². The molecule has 2 aromatic rings. The second kappa shape index (κ2) is 9.12. The highest BCUT2D eigenvalue weighted by Crippen LogP contribution is 2.20. The van der Waals surface area contributed by atoms with Gasteiger partial charge in [-0.1, -0.05) is 18.2 Å². The van der Waals surface area contributed by atoms with Gasteiger partial charge in [0.15, 0.2) is 6.61 Å². The van der Waals surface area contributed by atoms with Gasteiger partial charge in [-0.05, 0) is 42.3 Å². The highest BCUT2D eigenvalue weighted by molar-refractivity contribution is 5.94. The predicted octanol–water partition coefficient (Wildman–Crippen LogP) is 4.04. The summed E-state index contributed by atoms with van der Waals surface area (Å²) in [4.78, 5) is 23.7. The summed E-state index contributed by atoms with van der Waals surface area (Å²) in [5, 5.41) is 5.21. The monoisotopic (exact) mass is 396 g/mol. The average molecular weight is 396 g/mol. The third kappa shape index (κ3) is 6.49. The maximum Gasteiger partial charge on any atom is 0.422 e. The first-order valence-electron chi connectivity index (χ1n) is 8.20. The number of halogens is 3. The molecule has 9 heteroatoms. The zero-order chi connectivity index (χ0) is 20.7. The van der Waals surface area contributed by atoms with Crippen molar-refractivity contribution in [3.63, 3.8) is 0 Å². The van der Waals surface area contributed by atoms with Crippen LogP contribution in [0, 0.1) is 6.92 Å². The number of anilines is 1. The summed E-state index contributed by atoms with van der Waals surface area (Å²) in [6.45, 7) is 0.448. The van der Waals surface area contributed by atoms with E-state index >= 15 is 0 Å². The summed E-state index contributed by atoms with van der Waals surface area (Å²) in [5.41, 5.74) is 2.03. The van der Waals surface area contributed by atoms with Crippen LogP contribution in [0.4, 0.5) is 23.7 Å². The number of benzene rings is 2. The van der Waals surface area contributed by atoms with Gasteiger partial charge in [0.25, 0.3) is 0 Å². The van der Waals surface area contributed by atoms with E-state index in [1.807, 2.05) is 0 Å². The number of amides is 2. The van der Waals surface area contributed by atoms with Crippen LogP contribution in [-0.2, 0) is 11.3 Å². The second-order valence-electron chi connectivity index (χ2n) is 5.88. The Morgan fingerprint density at radius 3 is 2.54 bits per heavy atom. The Morgan fingerprint density at radius 2 is 1.86 bits per heavy atom. The molecule has 0 aliphatic carbocycles. The largest absolute Gasteiger partial charge is 0.484 e. The lowest BCUT2D eigenvalue weighted by Gasteiger charge is -2.12. The van der Waals surface area contributed by atoms with Crippen LogP contribution in [0.5, 0.6) is 5.75 Å². The molecule has 0 spiro atoms. The molecular formula is C19H19F3N2O4. The smallest absolute Gasteiger partial charge is 0.422 e. The minimum absolute atomic E-state index is 0.0543. The van der Waals surface area contributed by atoms with E-state index in [1.165, 1.54) is 31.4 Å². The average Bonchev–Trinajstić information content (AvgIpc) is 2.65. The number of aryl methyl sites for hydroxylation is 1. The summed E-state index contributed by atoms with van der Waals surface area (Å²) in [6.07, 6.45) is -4.43. The van der Waals surface area contributed by atoms with Gasteiger partial charge in [-0.3, -0.25) is 0 Å². The molecule has 0 aliphatic rings. The molecule has 0 aromatic heterocycles. The number of esters is 1. The Morgan fingerprint density at radius 1 is 1.11 bits per heavy atom. The van der Waals surface area contributed by atoms with Crippen LogP contribution in [0.15, 0.2) is 42.5 Å². The van der Waals surface area contributed by atoms with Crippen LogP contribution >= 0.6 is 0 Å². The van der Waals surface area contributed by atoms with Gasteiger partial charge in [0.2, 0.25) is 0 Å². The van der Waals surface area contributed by atoms with Crippen molar-refractivity contribution in [2.45, 2.75) is 19.6 Å². The Bertz CT molecular complexity index is 853. The van der Waals surface area contributed by atoms with Gasteiger partial charge in [0, 0.05) is 12.2 Å². The lowest BCUT2D eigenvalue weighted by atomic mass is 10.1. The number of carbonyl (C=O) groups excluding carboxylic acids is 2. The molecule has 2 rings (SSSR count). The zero-order valence-corrected chi connectivity index (χ0v) is 15.2. The molecule has 2 N–H and O–H groups in total. The summed E-state index contributed by atoms with van der Waals surface area (Å²) in [5.74, 6) is -0.474. The number of alkyl halides is 3. The van der Waals surface area contributed by atoms with Crippen molar-refractivity contribution < 1.29 is 32.2 Å². The number of hydrogen-bond acceptors (Lipinski definition) is 4. The number of carbonyl (C=O) groups is 2. The summed E-state index contributed by atoms with van der Waals surface area (Å²) in [7, 11) is 1.26. The summed E-state index contributed by atoms with van der Waals surface area (Å²) >= 11 is 0. The van der Waals surface area contributed by atoms with Gasteiger partial charge in [0.05, 0.1) is 12.7 Å². The highest BCUT2D eigenvalue weighted by atomic mass is 19.4. The number of ether oxygens (including phenoxy) is 2. The lowest BCUT2D eigenvalue weighted by Crippen LogP contribution is -2.28. The third-order valence-electron chi connectivity index (χ3n) is 3.66. The van der Waals surface area contributed by atoms with Crippen molar-refractivity contribution in [1.82, 2.24) is 5.32 Å². The molecule has 6 nitrogen and oxygen atoms in total. The fourth-order valence-corrected chi connectivity index (χ4v) is 2.26. The predicted molar refractivity (Wildman–Crippen MR) is 96.4 cm³/mol. The molecule has 0 aliphatic heterocycles. The highest BCUT2D eigenvalue weighted by Gasteiger charge is 2.28. The third-order valence-corrected chi connectivity index (χ3v) is 3.66. The molecule has 0 saturated carbocycles. The van der Waals surface area contributed by atoms with Crippen molar-refractivity contribution in [2.75, 3.05) is 19.0 Å². The molecule has 0 atom stereocenters. The van der Waals surface area contributed by atoms with E-state index < -0.39 is 24.8 Å². The van der Waals surface area contributed by atoms with Gasteiger partial charge in [-0.2, -0.15) is 13.2 Å². The van der Waals surface area contributed by atoms with E-state index in [4.69, 9.17) is 0 Å². The molecule has 0 saturated heterocycles. The molecular weight excluding hydrogens is 377 g/mol. The first-order valence-corrected chi connectivity index (χ1v) is 8.20. The van der Waals surface area contributed by atoms with E-state index in [0.29, 0.717) is 11.3 Å². The number of methoxy groups -OCH3 is 1. The van der Waals surface area contributed by atoms with Crippen molar-refractivity contribution in [3.05, 3.63) is 59.2 Å². The lowest BCUT2D eigenvalue weighted by molar-refractivity contribution is -0.153. The zero-order valence-electron chi connectivity index (χ0n) is 15.2. The van der Waals surface area contributed by atoms with E-state index in [9.17, 15) is 22.8 Å². The minimum atomic E-state index is -4.43. The Labute approximate surface area is 159 Å². The SMILES string of the molecule is COC(=O)c1ccc(C)c(NC(=O)NCc2cccc(OCC(F)(F)F)c2)c1.